The smallest absolute Gasteiger partial charge is 0.117 e. The lowest BCUT2D eigenvalue weighted by Gasteiger charge is -2.46. The fourth-order valence-electron chi connectivity index (χ4n) is 7.26. The molecule has 1 fully saturated rings. The van der Waals surface area contributed by atoms with Crippen molar-refractivity contribution < 1.29 is 23.7 Å². The average molecular weight is 747 g/mol. The zero-order valence-electron chi connectivity index (χ0n) is 30.8. The third kappa shape index (κ3) is 9.85. The van der Waals surface area contributed by atoms with E-state index in [2.05, 4.69) is 103 Å². The summed E-state index contributed by atoms with van der Waals surface area (Å²) in [5.41, 5.74) is 6.60. The van der Waals surface area contributed by atoms with Crippen LogP contribution >= 0.6 is 11.3 Å². The summed E-state index contributed by atoms with van der Waals surface area (Å²) in [4.78, 5) is 1.32. The molecule has 0 saturated carbocycles. The SMILES string of the molecule is c1ccc(COC[C@H]2OC(c3cccc(Cc4cc5ccccc5s4)c3)[C@H](OCc3ccccc3)[C@@H](OCc3ccccc3)[C@@H]2OCc2ccccc2)cc1. The summed E-state index contributed by atoms with van der Waals surface area (Å²) in [7, 11) is 0. The van der Waals surface area contributed by atoms with Crippen molar-refractivity contribution in [2.24, 2.45) is 0 Å². The Bertz CT molecular complexity index is 2160. The maximum Gasteiger partial charge on any atom is 0.117 e. The van der Waals surface area contributed by atoms with Gasteiger partial charge in [-0.3, -0.25) is 0 Å². The number of benzene rings is 6. The summed E-state index contributed by atoms with van der Waals surface area (Å²) >= 11 is 1.85. The Morgan fingerprint density at radius 2 is 0.964 bits per heavy atom. The van der Waals surface area contributed by atoms with Crippen LogP contribution in [0, 0.1) is 0 Å². The molecule has 0 bridgehead atoms. The summed E-state index contributed by atoms with van der Waals surface area (Å²) in [5.74, 6) is 0. The first-order chi connectivity index (χ1) is 27.2. The van der Waals surface area contributed by atoms with Gasteiger partial charge in [0.2, 0.25) is 0 Å². The summed E-state index contributed by atoms with van der Waals surface area (Å²) in [6, 6.07) is 60.7. The molecule has 1 aliphatic heterocycles. The summed E-state index contributed by atoms with van der Waals surface area (Å²) in [6.07, 6.45) is -1.53. The Kier molecular flexibility index (Phi) is 12.5. The molecule has 5 atom stereocenters. The second kappa shape index (κ2) is 18.6. The number of ether oxygens (including phenoxy) is 5. The zero-order valence-corrected chi connectivity index (χ0v) is 31.6. The van der Waals surface area contributed by atoms with Gasteiger partial charge >= 0.3 is 0 Å². The van der Waals surface area contributed by atoms with Gasteiger partial charge in [-0.05, 0) is 50.9 Å². The predicted molar refractivity (Wildman–Crippen MR) is 220 cm³/mol. The molecule has 5 nitrogen and oxygen atoms in total. The lowest BCUT2D eigenvalue weighted by Crippen LogP contribution is -2.58. The molecule has 0 spiro atoms. The maximum absolute atomic E-state index is 7.20. The van der Waals surface area contributed by atoms with Gasteiger partial charge in [-0.15, -0.1) is 11.3 Å². The number of hydrogen-bond donors (Lipinski definition) is 0. The van der Waals surface area contributed by atoms with Crippen molar-refractivity contribution in [2.75, 3.05) is 6.61 Å². The molecule has 0 radical (unpaired) electrons. The van der Waals surface area contributed by atoms with Crippen LogP contribution in [-0.4, -0.2) is 31.0 Å². The molecule has 8 rings (SSSR count). The van der Waals surface area contributed by atoms with Crippen LogP contribution in [0.1, 0.15) is 44.4 Å². The molecule has 1 unspecified atom stereocenters. The predicted octanol–water partition coefficient (Wildman–Crippen LogP) is 10.9. The Hall–Kier alpha value is -4.92. The van der Waals surface area contributed by atoms with Crippen molar-refractivity contribution in [2.45, 2.75) is 63.4 Å². The van der Waals surface area contributed by atoms with Crippen molar-refractivity contribution in [3.63, 3.8) is 0 Å². The molecule has 2 heterocycles. The molecule has 55 heavy (non-hydrogen) atoms. The Balaban J connectivity index is 1.14. The maximum atomic E-state index is 7.20. The molecule has 7 aromatic rings. The van der Waals surface area contributed by atoms with E-state index in [1.165, 1.54) is 20.5 Å². The minimum atomic E-state index is -0.491. The Morgan fingerprint density at radius 3 is 1.56 bits per heavy atom. The molecular formula is C49H46O5S. The van der Waals surface area contributed by atoms with E-state index >= 15 is 0 Å². The molecule has 0 amide bonds. The van der Waals surface area contributed by atoms with Crippen LogP contribution < -0.4 is 0 Å². The van der Waals surface area contributed by atoms with Crippen LogP contribution in [0.15, 0.2) is 176 Å². The number of fused-ring (bicyclic) bond motifs is 1. The van der Waals surface area contributed by atoms with Gasteiger partial charge in [-0.2, -0.15) is 0 Å². The van der Waals surface area contributed by atoms with E-state index in [0.717, 1.165) is 34.2 Å². The molecule has 1 saturated heterocycles. The van der Waals surface area contributed by atoms with Crippen molar-refractivity contribution >= 4 is 21.4 Å². The summed E-state index contributed by atoms with van der Waals surface area (Å²) < 4.78 is 35.8. The van der Waals surface area contributed by atoms with Crippen LogP contribution in [0.25, 0.3) is 10.1 Å². The standard InChI is InChI=1S/C49H46O5S/c1-5-16-36(17-6-1)31-50-35-44-47(51-32-37-18-7-2-8-19-37)49(53-34-39-22-11-4-12-23-39)48(52-33-38-20-9-3-10-21-38)46(54-44)42-26-15-24-40(28-42)29-43-30-41-25-13-14-27-45(41)55-43/h1-28,30,44,46-49H,29,31-35H2/t44-,46?,47-,48+,49+/m1/s1. The van der Waals surface area contributed by atoms with Crippen LogP contribution in [0.2, 0.25) is 0 Å². The molecule has 278 valence electrons. The minimum Gasteiger partial charge on any atom is -0.374 e. The van der Waals surface area contributed by atoms with Gasteiger partial charge in [0.1, 0.15) is 30.5 Å². The van der Waals surface area contributed by atoms with Crippen LogP contribution in [0.3, 0.4) is 0 Å². The van der Waals surface area contributed by atoms with Crippen LogP contribution in [0.5, 0.6) is 0 Å². The van der Waals surface area contributed by atoms with Crippen molar-refractivity contribution in [3.8, 4) is 0 Å². The van der Waals surface area contributed by atoms with Gasteiger partial charge in [-0.25, -0.2) is 0 Å². The van der Waals surface area contributed by atoms with E-state index < -0.39 is 30.5 Å². The first-order valence-electron chi connectivity index (χ1n) is 19.1. The molecule has 0 N–H and O–H groups in total. The fourth-order valence-corrected chi connectivity index (χ4v) is 8.36. The van der Waals surface area contributed by atoms with Crippen LogP contribution in [-0.2, 0) is 56.5 Å². The van der Waals surface area contributed by atoms with Crippen molar-refractivity contribution in [1.29, 1.82) is 0 Å². The summed E-state index contributed by atoms with van der Waals surface area (Å²) in [5, 5.41) is 1.28. The first kappa shape index (κ1) is 37.0. The first-order valence-corrected chi connectivity index (χ1v) is 19.9. The van der Waals surface area contributed by atoms with E-state index in [9.17, 15) is 0 Å². The number of hydrogen-bond acceptors (Lipinski definition) is 6. The number of rotatable bonds is 16. The molecular weight excluding hydrogens is 701 g/mol. The molecule has 6 aromatic carbocycles. The summed E-state index contributed by atoms with van der Waals surface area (Å²) in [6.45, 7) is 1.99. The third-order valence-electron chi connectivity index (χ3n) is 10.0. The highest BCUT2D eigenvalue weighted by atomic mass is 32.1. The van der Waals surface area contributed by atoms with Crippen LogP contribution in [0.4, 0.5) is 0 Å². The third-order valence-corrected chi connectivity index (χ3v) is 11.1. The second-order valence-electron chi connectivity index (χ2n) is 14.1. The minimum absolute atomic E-state index is 0.322. The molecule has 1 aromatic heterocycles. The lowest BCUT2D eigenvalue weighted by molar-refractivity contribution is -0.275. The highest BCUT2D eigenvalue weighted by Gasteiger charge is 2.49. The molecule has 6 heteroatoms. The molecule has 0 aliphatic carbocycles. The van der Waals surface area contributed by atoms with E-state index in [1.54, 1.807) is 0 Å². The van der Waals surface area contributed by atoms with E-state index in [4.69, 9.17) is 23.7 Å². The molecule has 1 aliphatic rings. The fraction of sp³-hybridized carbons (Fsp3) is 0.224. The zero-order chi connectivity index (χ0) is 37.1. The largest absolute Gasteiger partial charge is 0.374 e. The normalized spacial score (nSPS) is 19.7. The van der Waals surface area contributed by atoms with Gasteiger partial charge in [0, 0.05) is 16.0 Å². The Labute approximate surface area is 328 Å². The van der Waals surface area contributed by atoms with E-state index in [-0.39, 0.29) is 0 Å². The van der Waals surface area contributed by atoms with Gasteiger partial charge in [0.05, 0.1) is 33.0 Å². The highest BCUT2D eigenvalue weighted by Crippen LogP contribution is 2.39. The van der Waals surface area contributed by atoms with E-state index in [1.807, 2.05) is 84.1 Å². The average Bonchev–Trinajstić information content (AvgIpc) is 3.65. The van der Waals surface area contributed by atoms with Gasteiger partial charge < -0.3 is 23.7 Å². The second-order valence-corrected chi connectivity index (χ2v) is 15.2. The van der Waals surface area contributed by atoms with Crippen molar-refractivity contribution in [3.05, 3.63) is 214 Å². The topological polar surface area (TPSA) is 46.2 Å². The van der Waals surface area contributed by atoms with Crippen molar-refractivity contribution in [1.82, 2.24) is 0 Å². The highest BCUT2D eigenvalue weighted by molar-refractivity contribution is 7.19. The van der Waals surface area contributed by atoms with E-state index in [0.29, 0.717) is 33.0 Å². The monoisotopic (exact) mass is 746 g/mol. The van der Waals surface area contributed by atoms with Gasteiger partial charge in [-0.1, -0.05) is 164 Å². The van der Waals surface area contributed by atoms with Gasteiger partial charge in [0.15, 0.2) is 0 Å². The lowest BCUT2D eigenvalue weighted by atomic mass is 9.89. The Morgan fingerprint density at radius 1 is 0.455 bits per heavy atom. The number of thiophene rings is 1. The van der Waals surface area contributed by atoms with Gasteiger partial charge in [0.25, 0.3) is 0 Å². The quantitative estimate of drug-likeness (QED) is 0.0985.